The van der Waals surface area contributed by atoms with Gasteiger partial charge in [0, 0.05) is 23.7 Å². The van der Waals surface area contributed by atoms with Crippen LogP contribution in [0.4, 0.5) is 5.69 Å². The molecule has 1 aliphatic heterocycles. The molecule has 1 unspecified atom stereocenters. The number of aromatic nitrogens is 1. The Labute approximate surface area is 173 Å². The molecule has 7 heteroatoms. The summed E-state index contributed by atoms with van der Waals surface area (Å²) in [5, 5.41) is 6.64. The number of rotatable bonds is 5. The third-order valence-corrected chi connectivity index (χ3v) is 5.94. The highest BCUT2D eigenvalue weighted by atomic mass is 32.2. The standard InChI is InChI=1S/C22H21N3O3S/c1-27-18-9-7-15(12-19(18)28-2)21(26)24-16-5-3-4-14(6-8-16)22-25-17-10-11-23-13-20(17)29-22/h3-5,7-13,22,25H,6H2,1-2H3,(H,24,26). The van der Waals surface area contributed by atoms with Gasteiger partial charge in [-0.25, -0.2) is 0 Å². The zero-order valence-corrected chi connectivity index (χ0v) is 17.0. The van der Waals surface area contributed by atoms with Gasteiger partial charge in [0.2, 0.25) is 0 Å². The van der Waals surface area contributed by atoms with Crippen LogP contribution in [-0.4, -0.2) is 30.5 Å². The molecule has 1 atom stereocenters. The molecule has 2 heterocycles. The topological polar surface area (TPSA) is 72.5 Å². The number of fused-ring (bicyclic) bond motifs is 1. The summed E-state index contributed by atoms with van der Waals surface area (Å²) in [6.07, 6.45) is 12.4. The molecule has 148 valence electrons. The smallest absolute Gasteiger partial charge is 0.255 e. The zero-order valence-electron chi connectivity index (χ0n) is 16.1. The van der Waals surface area contributed by atoms with Gasteiger partial charge in [0.15, 0.2) is 11.5 Å². The number of ether oxygens (including phenoxy) is 2. The number of amides is 1. The second kappa shape index (κ2) is 8.45. The lowest BCUT2D eigenvalue weighted by molar-refractivity contribution is 0.0966. The van der Waals surface area contributed by atoms with Crippen molar-refractivity contribution in [3.8, 4) is 11.5 Å². The molecule has 2 aliphatic rings. The summed E-state index contributed by atoms with van der Waals surface area (Å²) in [5.41, 5.74) is 3.61. The summed E-state index contributed by atoms with van der Waals surface area (Å²) in [6, 6.07) is 7.09. The van der Waals surface area contributed by atoms with Gasteiger partial charge in [-0.15, -0.1) is 0 Å². The Kier molecular flexibility index (Phi) is 5.57. The molecule has 1 aromatic carbocycles. The van der Waals surface area contributed by atoms with Crippen LogP contribution in [0.2, 0.25) is 0 Å². The molecule has 0 bridgehead atoms. The average molecular weight is 407 g/mol. The van der Waals surface area contributed by atoms with Crippen LogP contribution in [0.1, 0.15) is 16.8 Å². The molecule has 0 radical (unpaired) electrons. The number of benzene rings is 1. The fourth-order valence-corrected chi connectivity index (χ4v) is 4.31. The van der Waals surface area contributed by atoms with E-state index in [0.29, 0.717) is 17.1 Å². The number of hydrogen-bond donors (Lipinski definition) is 2. The Morgan fingerprint density at radius 1 is 1.24 bits per heavy atom. The molecule has 29 heavy (non-hydrogen) atoms. The number of thioether (sulfide) groups is 1. The first kappa shape index (κ1) is 19.1. The van der Waals surface area contributed by atoms with Gasteiger partial charge < -0.3 is 20.1 Å². The number of allylic oxidation sites excluding steroid dienone is 4. The van der Waals surface area contributed by atoms with Crippen LogP contribution in [0.5, 0.6) is 11.5 Å². The van der Waals surface area contributed by atoms with Crippen molar-refractivity contribution in [1.29, 1.82) is 0 Å². The first-order chi connectivity index (χ1) is 14.2. The molecule has 6 nitrogen and oxygen atoms in total. The second-order valence-electron chi connectivity index (χ2n) is 6.50. The van der Waals surface area contributed by atoms with Crippen LogP contribution >= 0.6 is 11.8 Å². The third-order valence-electron chi connectivity index (χ3n) is 4.70. The molecule has 0 fully saturated rings. The van der Waals surface area contributed by atoms with E-state index in [-0.39, 0.29) is 11.3 Å². The van der Waals surface area contributed by atoms with Crippen molar-refractivity contribution < 1.29 is 14.3 Å². The van der Waals surface area contributed by atoms with Gasteiger partial charge in [0.1, 0.15) is 0 Å². The Morgan fingerprint density at radius 3 is 2.90 bits per heavy atom. The molecule has 0 saturated heterocycles. The molecule has 2 N–H and O–H groups in total. The number of pyridine rings is 1. The lowest BCUT2D eigenvalue weighted by Gasteiger charge is -2.13. The van der Waals surface area contributed by atoms with Crippen molar-refractivity contribution >= 4 is 23.4 Å². The van der Waals surface area contributed by atoms with Gasteiger partial charge in [-0.05, 0) is 42.3 Å². The summed E-state index contributed by atoms with van der Waals surface area (Å²) in [4.78, 5) is 18.0. The maximum Gasteiger partial charge on any atom is 0.255 e. The minimum Gasteiger partial charge on any atom is -0.493 e. The number of carbonyl (C=O) groups is 1. The van der Waals surface area contributed by atoms with Crippen molar-refractivity contribution in [2.24, 2.45) is 0 Å². The Morgan fingerprint density at radius 2 is 2.10 bits per heavy atom. The zero-order chi connectivity index (χ0) is 20.2. The van der Waals surface area contributed by atoms with E-state index < -0.39 is 0 Å². The summed E-state index contributed by atoms with van der Waals surface area (Å²) in [6.45, 7) is 0. The van der Waals surface area contributed by atoms with Gasteiger partial charge in [-0.2, -0.15) is 0 Å². The molecule has 1 amide bonds. The summed E-state index contributed by atoms with van der Waals surface area (Å²) >= 11 is 1.75. The molecule has 4 rings (SSSR count). The van der Waals surface area contributed by atoms with Gasteiger partial charge in [-0.1, -0.05) is 30.0 Å². The number of methoxy groups -OCH3 is 2. The number of nitrogens with zero attached hydrogens (tertiary/aromatic N) is 1. The largest absolute Gasteiger partial charge is 0.493 e. The van der Waals surface area contributed by atoms with Crippen molar-refractivity contribution in [3.63, 3.8) is 0 Å². The van der Waals surface area contributed by atoms with Crippen LogP contribution < -0.4 is 20.1 Å². The van der Waals surface area contributed by atoms with Gasteiger partial charge >= 0.3 is 0 Å². The summed E-state index contributed by atoms with van der Waals surface area (Å²) < 4.78 is 10.5. The fourth-order valence-electron chi connectivity index (χ4n) is 3.17. The number of hydrogen-bond acceptors (Lipinski definition) is 6. The van der Waals surface area contributed by atoms with E-state index in [9.17, 15) is 4.79 Å². The summed E-state index contributed by atoms with van der Waals surface area (Å²) in [5.74, 6) is 0.911. The van der Waals surface area contributed by atoms with E-state index in [1.165, 1.54) is 5.57 Å². The van der Waals surface area contributed by atoms with E-state index >= 15 is 0 Å². The maximum atomic E-state index is 12.7. The normalized spacial score (nSPS) is 17.4. The second-order valence-corrected chi connectivity index (χ2v) is 7.65. The molecule has 2 aromatic rings. The van der Waals surface area contributed by atoms with Crippen LogP contribution in [0.15, 0.2) is 77.1 Å². The molecular weight excluding hydrogens is 386 g/mol. The van der Waals surface area contributed by atoms with Crippen molar-refractivity contribution in [2.75, 3.05) is 19.5 Å². The Bertz CT molecular complexity index is 1000. The van der Waals surface area contributed by atoms with Gasteiger partial charge in [0.25, 0.3) is 5.91 Å². The number of nitrogens with one attached hydrogen (secondary N) is 2. The van der Waals surface area contributed by atoms with Crippen molar-refractivity contribution in [1.82, 2.24) is 10.3 Å². The van der Waals surface area contributed by atoms with Crippen molar-refractivity contribution in [3.05, 3.63) is 77.8 Å². The fraction of sp³-hybridized carbons (Fsp3) is 0.182. The first-order valence-electron chi connectivity index (χ1n) is 9.16. The minimum absolute atomic E-state index is 0.163. The monoisotopic (exact) mass is 407 g/mol. The molecule has 0 spiro atoms. The van der Waals surface area contributed by atoms with E-state index in [4.69, 9.17) is 9.47 Å². The van der Waals surface area contributed by atoms with Gasteiger partial charge in [0.05, 0.1) is 30.2 Å². The van der Waals surface area contributed by atoms with Crippen LogP contribution in [0.25, 0.3) is 0 Å². The third kappa shape index (κ3) is 4.14. The van der Waals surface area contributed by atoms with Crippen LogP contribution in [-0.2, 0) is 0 Å². The van der Waals surface area contributed by atoms with Crippen molar-refractivity contribution in [2.45, 2.75) is 16.7 Å². The average Bonchev–Trinajstić information content (AvgIpc) is 3.05. The van der Waals surface area contributed by atoms with E-state index in [0.717, 1.165) is 22.7 Å². The first-order valence-corrected chi connectivity index (χ1v) is 10.0. The number of anilines is 1. The molecule has 1 aliphatic carbocycles. The highest BCUT2D eigenvalue weighted by Gasteiger charge is 2.24. The summed E-state index contributed by atoms with van der Waals surface area (Å²) in [7, 11) is 3.11. The number of carbonyl (C=O) groups excluding carboxylic acids is 1. The Hall–Kier alpha value is -3.19. The highest BCUT2D eigenvalue weighted by Crippen LogP contribution is 2.41. The van der Waals surface area contributed by atoms with E-state index in [2.05, 4.69) is 21.7 Å². The van der Waals surface area contributed by atoms with Crippen LogP contribution in [0.3, 0.4) is 0 Å². The predicted octanol–water partition coefficient (Wildman–Crippen LogP) is 4.14. The molecular formula is C22H21N3O3S. The molecule has 1 aromatic heterocycles. The lowest BCUT2D eigenvalue weighted by Crippen LogP contribution is -2.22. The quantitative estimate of drug-likeness (QED) is 0.776. The molecule has 0 saturated carbocycles. The van der Waals surface area contributed by atoms with Gasteiger partial charge in [-0.3, -0.25) is 9.78 Å². The minimum atomic E-state index is -0.197. The Balaban J connectivity index is 1.42. The lowest BCUT2D eigenvalue weighted by atomic mass is 10.1. The van der Waals surface area contributed by atoms with E-state index in [1.807, 2.05) is 30.5 Å². The maximum absolute atomic E-state index is 12.7. The van der Waals surface area contributed by atoms with Crippen LogP contribution in [0, 0.1) is 0 Å². The van der Waals surface area contributed by atoms with E-state index in [1.54, 1.807) is 50.4 Å². The SMILES string of the molecule is COc1ccc(C(=O)NC2=CCC(C3Nc4ccncc4S3)=CC=C2)cc1OC. The predicted molar refractivity (Wildman–Crippen MR) is 114 cm³/mol. The highest BCUT2D eigenvalue weighted by molar-refractivity contribution is 8.00.